The summed E-state index contributed by atoms with van der Waals surface area (Å²) >= 11 is 0. The van der Waals surface area contributed by atoms with E-state index in [1.165, 1.54) is 0 Å². The van der Waals surface area contributed by atoms with Gasteiger partial charge in [0, 0.05) is 25.2 Å². The van der Waals surface area contributed by atoms with Crippen LogP contribution >= 0.6 is 0 Å². The molecule has 19 heavy (non-hydrogen) atoms. The van der Waals surface area contributed by atoms with Gasteiger partial charge in [0.2, 0.25) is 10.0 Å². The maximum atomic E-state index is 13.4. The van der Waals surface area contributed by atoms with Crippen LogP contribution in [0.3, 0.4) is 0 Å². The van der Waals surface area contributed by atoms with Crippen molar-refractivity contribution in [3.63, 3.8) is 0 Å². The van der Waals surface area contributed by atoms with Crippen LogP contribution in [0, 0.1) is 17.5 Å². The van der Waals surface area contributed by atoms with Crippen LogP contribution in [0.1, 0.15) is 0 Å². The Morgan fingerprint density at radius 1 is 1.00 bits per heavy atom. The number of halogens is 3. The Labute approximate surface area is 107 Å². The number of aliphatic hydroxyl groups excluding tert-OH is 2. The van der Waals surface area contributed by atoms with Crippen molar-refractivity contribution in [2.45, 2.75) is 4.90 Å². The van der Waals surface area contributed by atoms with Crippen LogP contribution < -0.4 is 0 Å². The predicted molar refractivity (Wildman–Crippen MR) is 59.2 cm³/mol. The van der Waals surface area contributed by atoms with Crippen LogP contribution in [0.2, 0.25) is 0 Å². The largest absolute Gasteiger partial charge is 0.395 e. The zero-order valence-corrected chi connectivity index (χ0v) is 10.5. The van der Waals surface area contributed by atoms with E-state index in [2.05, 4.69) is 0 Å². The van der Waals surface area contributed by atoms with Crippen LogP contribution in [-0.2, 0) is 10.0 Å². The van der Waals surface area contributed by atoms with E-state index in [-0.39, 0.29) is 12.1 Å². The molecule has 0 aliphatic heterocycles. The first-order chi connectivity index (χ1) is 8.84. The molecular weight excluding hydrogens is 287 g/mol. The lowest BCUT2D eigenvalue weighted by atomic mass is 10.3. The summed E-state index contributed by atoms with van der Waals surface area (Å²) in [6, 6.07) is 0.484. The van der Waals surface area contributed by atoms with Gasteiger partial charge in [0.15, 0.2) is 4.90 Å². The SMILES string of the molecule is O=S(=O)(c1c(F)cc(F)cc1F)N(CCO)CCO. The zero-order chi connectivity index (χ0) is 14.6. The fourth-order valence-electron chi connectivity index (χ4n) is 1.48. The van der Waals surface area contributed by atoms with Gasteiger partial charge in [0.1, 0.15) is 17.5 Å². The second kappa shape index (κ2) is 6.33. The Morgan fingerprint density at radius 3 is 1.79 bits per heavy atom. The first-order valence-corrected chi connectivity index (χ1v) is 6.65. The van der Waals surface area contributed by atoms with Gasteiger partial charge in [0.25, 0.3) is 0 Å². The van der Waals surface area contributed by atoms with E-state index in [1.807, 2.05) is 0 Å². The quantitative estimate of drug-likeness (QED) is 0.780. The highest BCUT2D eigenvalue weighted by molar-refractivity contribution is 7.89. The second-order valence-electron chi connectivity index (χ2n) is 3.55. The van der Waals surface area contributed by atoms with Gasteiger partial charge in [-0.15, -0.1) is 0 Å². The van der Waals surface area contributed by atoms with E-state index in [1.54, 1.807) is 0 Å². The standard InChI is InChI=1S/C10H12F3NO4S/c11-7-5-8(12)10(9(13)6-7)19(17,18)14(1-3-15)2-4-16/h5-6,15-16H,1-4H2. The number of rotatable bonds is 6. The van der Waals surface area contributed by atoms with Gasteiger partial charge in [-0.3, -0.25) is 0 Å². The average Bonchev–Trinajstić information content (AvgIpc) is 2.26. The Hall–Kier alpha value is -1.16. The van der Waals surface area contributed by atoms with Crippen molar-refractivity contribution in [3.05, 3.63) is 29.6 Å². The van der Waals surface area contributed by atoms with Gasteiger partial charge in [-0.2, -0.15) is 4.31 Å². The summed E-state index contributed by atoms with van der Waals surface area (Å²) in [5.74, 6) is -4.39. The number of hydrogen-bond donors (Lipinski definition) is 2. The molecule has 0 unspecified atom stereocenters. The normalized spacial score (nSPS) is 12.1. The molecule has 0 atom stereocenters. The minimum absolute atomic E-state index is 0.242. The molecule has 0 amide bonds. The van der Waals surface area contributed by atoms with E-state index in [0.717, 1.165) is 0 Å². The van der Waals surface area contributed by atoms with Gasteiger partial charge in [0.05, 0.1) is 13.2 Å². The molecule has 0 aromatic heterocycles. The zero-order valence-electron chi connectivity index (χ0n) is 9.68. The molecule has 0 spiro atoms. The topological polar surface area (TPSA) is 77.8 Å². The van der Waals surface area contributed by atoms with Gasteiger partial charge in [-0.25, -0.2) is 21.6 Å². The molecule has 9 heteroatoms. The summed E-state index contributed by atoms with van der Waals surface area (Å²) in [6.45, 7) is -2.08. The second-order valence-corrected chi connectivity index (χ2v) is 5.42. The third kappa shape index (κ3) is 3.44. The van der Waals surface area contributed by atoms with Crippen LogP contribution in [0.15, 0.2) is 17.0 Å². The number of aliphatic hydroxyl groups is 2. The van der Waals surface area contributed by atoms with E-state index in [9.17, 15) is 21.6 Å². The molecule has 0 fully saturated rings. The molecular formula is C10H12F3NO4S. The summed E-state index contributed by atoms with van der Waals surface area (Å²) in [4.78, 5) is -1.31. The van der Waals surface area contributed by atoms with Crippen LogP contribution in [0.5, 0.6) is 0 Å². The number of sulfonamides is 1. The van der Waals surface area contributed by atoms with Crippen LogP contribution in [0.25, 0.3) is 0 Å². The molecule has 0 heterocycles. The van der Waals surface area contributed by atoms with E-state index in [4.69, 9.17) is 10.2 Å². The molecule has 0 saturated heterocycles. The summed E-state index contributed by atoms with van der Waals surface area (Å²) in [5.41, 5.74) is 0. The maximum absolute atomic E-state index is 13.4. The maximum Gasteiger partial charge on any atom is 0.249 e. The molecule has 1 rings (SSSR count). The summed E-state index contributed by atoms with van der Waals surface area (Å²) in [6.07, 6.45) is 0. The Bertz CT molecular complexity index is 521. The first-order valence-electron chi connectivity index (χ1n) is 5.21. The highest BCUT2D eigenvalue weighted by atomic mass is 32.2. The van der Waals surface area contributed by atoms with E-state index < -0.39 is 58.7 Å². The molecule has 108 valence electrons. The summed E-state index contributed by atoms with van der Waals surface area (Å²) < 4.78 is 64.0. The lowest BCUT2D eigenvalue weighted by Crippen LogP contribution is -2.36. The third-order valence-electron chi connectivity index (χ3n) is 2.26. The van der Waals surface area contributed by atoms with Crippen molar-refractivity contribution >= 4 is 10.0 Å². The minimum Gasteiger partial charge on any atom is -0.395 e. The van der Waals surface area contributed by atoms with Crippen molar-refractivity contribution in [1.29, 1.82) is 0 Å². The van der Waals surface area contributed by atoms with Gasteiger partial charge in [-0.1, -0.05) is 0 Å². The van der Waals surface area contributed by atoms with E-state index in [0.29, 0.717) is 4.31 Å². The van der Waals surface area contributed by atoms with Gasteiger partial charge in [-0.05, 0) is 0 Å². The summed E-state index contributed by atoms with van der Waals surface area (Å²) in [7, 11) is -4.61. The van der Waals surface area contributed by atoms with Gasteiger partial charge < -0.3 is 10.2 Å². The van der Waals surface area contributed by atoms with Crippen molar-refractivity contribution < 1.29 is 31.8 Å². The van der Waals surface area contributed by atoms with E-state index >= 15 is 0 Å². The molecule has 0 bridgehead atoms. The smallest absolute Gasteiger partial charge is 0.249 e. The third-order valence-corrected chi connectivity index (χ3v) is 4.21. The fraction of sp³-hybridized carbons (Fsp3) is 0.400. The molecule has 2 N–H and O–H groups in total. The van der Waals surface area contributed by atoms with Crippen LogP contribution in [0.4, 0.5) is 13.2 Å². The Balaban J connectivity index is 3.33. The Kier molecular flexibility index (Phi) is 5.29. The minimum atomic E-state index is -4.61. The van der Waals surface area contributed by atoms with Crippen molar-refractivity contribution in [3.8, 4) is 0 Å². The molecule has 1 aromatic carbocycles. The highest BCUT2D eigenvalue weighted by Gasteiger charge is 2.30. The van der Waals surface area contributed by atoms with Gasteiger partial charge >= 0.3 is 0 Å². The highest BCUT2D eigenvalue weighted by Crippen LogP contribution is 2.23. The monoisotopic (exact) mass is 299 g/mol. The first kappa shape index (κ1) is 15.9. The molecule has 0 aliphatic carbocycles. The lowest BCUT2D eigenvalue weighted by Gasteiger charge is -2.20. The molecule has 5 nitrogen and oxygen atoms in total. The predicted octanol–water partition coefficient (Wildman–Crippen LogP) is 0.0792. The van der Waals surface area contributed by atoms with Crippen LogP contribution in [-0.4, -0.2) is 49.2 Å². The summed E-state index contributed by atoms with van der Waals surface area (Å²) in [5, 5.41) is 17.4. The Morgan fingerprint density at radius 2 is 1.42 bits per heavy atom. The molecule has 0 aliphatic rings. The average molecular weight is 299 g/mol. The molecule has 1 aromatic rings. The lowest BCUT2D eigenvalue weighted by molar-refractivity contribution is 0.217. The number of benzene rings is 1. The van der Waals surface area contributed by atoms with Crippen molar-refractivity contribution in [1.82, 2.24) is 4.31 Å². The van der Waals surface area contributed by atoms with Crippen molar-refractivity contribution in [2.24, 2.45) is 0 Å². The number of nitrogens with zero attached hydrogens (tertiary/aromatic N) is 1. The van der Waals surface area contributed by atoms with Crippen molar-refractivity contribution in [2.75, 3.05) is 26.3 Å². The number of hydrogen-bond acceptors (Lipinski definition) is 4. The molecule has 0 saturated carbocycles. The molecule has 0 radical (unpaired) electrons. The fourth-order valence-corrected chi connectivity index (χ4v) is 2.99.